The highest BCUT2D eigenvalue weighted by Gasteiger charge is 2.43. The highest BCUT2D eigenvalue weighted by molar-refractivity contribution is 5.95. The lowest BCUT2D eigenvalue weighted by Gasteiger charge is -2.33. The van der Waals surface area contributed by atoms with Gasteiger partial charge in [0.25, 0.3) is 0 Å². The van der Waals surface area contributed by atoms with Crippen molar-refractivity contribution in [2.45, 2.75) is 60.0 Å². The van der Waals surface area contributed by atoms with Crippen molar-refractivity contribution in [3.8, 4) is 0 Å². The molecular weight excluding hydrogens is 204 g/mol. The molecule has 3 nitrogen and oxygen atoms in total. The SMILES string of the molecule is CC(=O)C[C@](O)(CC(C)C)C(=O)C(C)(C)C. The second kappa shape index (κ2) is 5.09. The summed E-state index contributed by atoms with van der Waals surface area (Å²) in [5, 5.41) is 10.4. The van der Waals surface area contributed by atoms with Gasteiger partial charge >= 0.3 is 0 Å². The van der Waals surface area contributed by atoms with Gasteiger partial charge in [0.15, 0.2) is 5.78 Å². The van der Waals surface area contributed by atoms with E-state index < -0.39 is 11.0 Å². The Hall–Kier alpha value is -0.700. The van der Waals surface area contributed by atoms with Crippen molar-refractivity contribution < 1.29 is 14.7 Å². The first-order valence-electron chi connectivity index (χ1n) is 5.76. The molecule has 0 saturated heterocycles. The fourth-order valence-corrected chi connectivity index (χ4v) is 2.03. The molecule has 0 bridgehead atoms. The highest BCUT2D eigenvalue weighted by atomic mass is 16.3. The molecule has 16 heavy (non-hydrogen) atoms. The molecule has 1 N–H and O–H groups in total. The van der Waals surface area contributed by atoms with Crippen molar-refractivity contribution in [1.82, 2.24) is 0 Å². The van der Waals surface area contributed by atoms with Gasteiger partial charge in [-0.3, -0.25) is 9.59 Å². The molecule has 0 aromatic carbocycles. The standard InChI is InChI=1S/C13H24O3/c1-9(2)7-13(16,8-10(3)14)11(15)12(4,5)6/h9,16H,7-8H2,1-6H3/t13-/m1/s1. The summed E-state index contributed by atoms with van der Waals surface area (Å²) in [7, 11) is 0. The fraction of sp³-hybridized carbons (Fsp3) is 0.846. The Morgan fingerprint density at radius 1 is 1.19 bits per heavy atom. The second-order valence-electron chi connectivity index (χ2n) is 6.09. The first-order chi connectivity index (χ1) is 6.99. The average Bonchev–Trinajstić information content (AvgIpc) is 1.97. The Labute approximate surface area is 98.2 Å². The van der Waals surface area contributed by atoms with E-state index in [1.807, 2.05) is 13.8 Å². The number of hydrogen-bond donors (Lipinski definition) is 1. The number of Topliss-reactive ketones (excluding diaryl/α,β-unsaturated/α-hetero) is 2. The van der Waals surface area contributed by atoms with Gasteiger partial charge in [-0.15, -0.1) is 0 Å². The van der Waals surface area contributed by atoms with Crippen LogP contribution in [0.3, 0.4) is 0 Å². The van der Waals surface area contributed by atoms with Crippen molar-refractivity contribution in [3.63, 3.8) is 0 Å². The summed E-state index contributed by atoms with van der Waals surface area (Å²) in [5.74, 6) is -0.222. The summed E-state index contributed by atoms with van der Waals surface area (Å²) in [5.41, 5.74) is -2.13. The van der Waals surface area contributed by atoms with E-state index in [1.165, 1.54) is 6.92 Å². The van der Waals surface area contributed by atoms with E-state index in [1.54, 1.807) is 20.8 Å². The highest BCUT2D eigenvalue weighted by Crippen LogP contribution is 2.30. The zero-order valence-electron chi connectivity index (χ0n) is 11.3. The molecule has 0 amide bonds. The first-order valence-corrected chi connectivity index (χ1v) is 5.76. The number of hydrogen-bond acceptors (Lipinski definition) is 3. The van der Waals surface area contributed by atoms with Gasteiger partial charge in [-0.2, -0.15) is 0 Å². The maximum absolute atomic E-state index is 12.2. The fourth-order valence-electron chi connectivity index (χ4n) is 2.03. The summed E-state index contributed by atoms with van der Waals surface area (Å²) in [6.07, 6.45) is 0.254. The van der Waals surface area contributed by atoms with Crippen LogP contribution in [0.1, 0.15) is 54.4 Å². The van der Waals surface area contributed by atoms with Crippen molar-refractivity contribution in [2.75, 3.05) is 0 Å². The van der Waals surface area contributed by atoms with E-state index in [0.29, 0.717) is 6.42 Å². The summed E-state index contributed by atoms with van der Waals surface area (Å²) in [4.78, 5) is 23.3. The number of aliphatic hydroxyl groups is 1. The minimum atomic E-state index is -1.50. The Balaban J connectivity index is 5.07. The quantitative estimate of drug-likeness (QED) is 0.786. The maximum Gasteiger partial charge on any atom is 0.170 e. The third-order valence-corrected chi connectivity index (χ3v) is 2.39. The molecule has 0 unspecified atom stereocenters. The average molecular weight is 228 g/mol. The molecule has 0 spiro atoms. The van der Waals surface area contributed by atoms with Crippen molar-refractivity contribution in [3.05, 3.63) is 0 Å². The number of carbonyl (C=O) groups is 2. The summed E-state index contributed by atoms with van der Waals surface area (Å²) in [6.45, 7) is 10.6. The summed E-state index contributed by atoms with van der Waals surface area (Å²) >= 11 is 0. The van der Waals surface area contributed by atoms with Crippen molar-refractivity contribution in [1.29, 1.82) is 0 Å². The molecular formula is C13H24O3. The zero-order valence-corrected chi connectivity index (χ0v) is 11.3. The molecule has 94 valence electrons. The number of carbonyl (C=O) groups excluding carboxylic acids is 2. The van der Waals surface area contributed by atoms with Crippen LogP contribution in [0.2, 0.25) is 0 Å². The van der Waals surface area contributed by atoms with Crippen LogP contribution < -0.4 is 0 Å². The van der Waals surface area contributed by atoms with Gasteiger partial charge in [0.1, 0.15) is 11.4 Å². The van der Waals surface area contributed by atoms with Gasteiger partial charge in [0, 0.05) is 11.8 Å². The van der Waals surface area contributed by atoms with Crippen LogP contribution in [0.25, 0.3) is 0 Å². The molecule has 0 aliphatic rings. The number of ketones is 2. The molecule has 0 aliphatic heterocycles. The van der Waals surface area contributed by atoms with Gasteiger partial charge in [0.2, 0.25) is 0 Å². The molecule has 0 heterocycles. The van der Waals surface area contributed by atoms with Crippen LogP contribution in [0, 0.1) is 11.3 Å². The van der Waals surface area contributed by atoms with Crippen molar-refractivity contribution in [2.24, 2.45) is 11.3 Å². The zero-order chi connectivity index (χ0) is 13.1. The third-order valence-electron chi connectivity index (χ3n) is 2.39. The number of rotatable bonds is 5. The van der Waals surface area contributed by atoms with Crippen molar-refractivity contribution >= 4 is 11.6 Å². The maximum atomic E-state index is 12.2. The van der Waals surface area contributed by atoms with E-state index in [-0.39, 0.29) is 23.9 Å². The second-order valence-corrected chi connectivity index (χ2v) is 6.09. The first kappa shape index (κ1) is 15.3. The van der Waals surface area contributed by atoms with E-state index in [0.717, 1.165) is 0 Å². The van der Waals surface area contributed by atoms with E-state index in [9.17, 15) is 14.7 Å². The van der Waals surface area contributed by atoms with Crippen LogP contribution in [0.15, 0.2) is 0 Å². The van der Waals surface area contributed by atoms with Crippen LogP contribution in [0.5, 0.6) is 0 Å². The summed E-state index contributed by atoms with van der Waals surface area (Å²) in [6, 6.07) is 0. The molecule has 3 heteroatoms. The predicted molar refractivity (Wildman–Crippen MR) is 64.2 cm³/mol. The lowest BCUT2D eigenvalue weighted by Crippen LogP contribution is -2.47. The Bertz CT molecular complexity index is 273. The largest absolute Gasteiger partial charge is 0.382 e. The van der Waals surface area contributed by atoms with Crippen LogP contribution in [-0.2, 0) is 9.59 Å². The molecule has 0 aliphatic carbocycles. The Morgan fingerprint density at radius 3 is 1.88 bits per heavy atom. The molecule has 1 atom stereocenters. The van der Waals surface area contributed by atoms with Crippen LogP contribution >= 0.6 is 0 Å². The monoisotopic (exact) mass is 228 g/mol. The predicted octanol–water partition coefficient (Wildman–Crippen LogP) is 2.36. The lowest BCUT2D eigenvalue weighted by molar-refractivity contribution is -0.151. The molecule has 0 radical (unpaired) electrons. The topological polar surface area (TPSA) is 54.4 Å². The van der Waals surface area contributed by atoms with Gasteiger partial charge in [-0.05, 0) is 19.3 Å². The molecule has 0 saturated carbocycles. The van der Waals surface area contributed by atoms with Gasteiger partial charge in [-0.1, -0.05) is 34.6 Å². The van der Waals surface area contributed by atoms with E-state index >= 15 is 0 Å². The minimum absolute atomic E-state index is 0.0821. The third kappa shape index (κ3) is 4.44. The van der Waals surface area contributed by atoms with Crippen LogP contribution in [-0.4, -0.2) is 22.3 Å². The Morgan fingerprint density at radius 2 is 1.62 bits per heavy atom. The lowest BCUT2D eigenvalue weighted by atomic mass is 9.74. The van der Waals surface area contributed by atoms with Gasteiger partial charge < -0.3 is 5.11 Å². The Kier molecular flexibility index (Phi) is 4.86. The van der Waals surface area contributed by atoms with E-state index in [2.05, 4.69) is 0 Å². The van der Waals surface area contributed by atoms with Gasteiger partial charge in [-0.25, -0.2) is 0 Å². The minimum Gasteiger partial charge on any atom is -0.382 e. The van der Waals surface area contributed by atoms with Crippen LogP contribution in [0.4, 0.5) is 0 Å². The molecule has 0 fully saturated rings. The normalized spacial score (nSPS) is 16.0. The molecule has 0 aromatic rings. The van der Waals surface area contributed by atoms with Gasteiger partial charge in [0.05, 0.1) is 0 Å². The van der Waals surface area contributed by atoms with E-state index in [4.69, 9.17) is 0 Å². The smallest absolute Gasteiger partial charge is 0.170 e. The molecule has 0 aromatic heterocycles. The molecule has 0 rings (SSSR count). The summed E-state index contributed by atoms with van der Waals surface area (Å²) < 4.78 is 0.